The first kappa shape index (κ1) is 18.6. The van der Waals surface area contributed by atoms with Gasteiger partial charge in [-0.25, -0.2) is 9.78 Å². The molecule has 2 aliphatic heterocycles. The van der Waals surface area contributed by atoms with Gasteiger partial charge in [0, 0.05) is 24.1 Å². The van der Waals surface area contributed by atoms with Crippen LogP contribution < -0.4 is 20.3 Å². The highest BCUT2D eigenvalue weighted by Crippen LogP contribution is 2.36. The smallest absolute Gasteiger partial charge is 0.325 e. The Morgan fingerprint density at radius 1 is 1.17 bits per heavy atom. The summed E-state index contributed by atoms with van der Waals surface area (Å²) in [6.07, 6.45) is 2.40. The lowest BCUT2D eigenvalue weighted by Gasteiger charge is -2.23. The lowest BCUT2D eigenvalue weighted by atomic mass is 9.91. The van der Waals surface area contributed by atoms with Crippen LogP contribution in [-0.4, -0.2) is 39.4 Å². The number of ether oxygens (including phenoxy) is 2. The number of fused-ring (bicyclic) bond motifs is 2. The maximum Gasteiger partial charge on any atom is 0.325 e. The van der Waals surface area contributed by atoms with Crippen LogP contribution in [0.1, 0.15) is 24.6 Å². The highest BCUT2D eigenvalue weighted by molar-refractivity contribution is 7.15. The zero-order valence-electron chi connectivity index (χ0n) is 16.1. The van der Waals surface area contributed by atoms with Gasteiger partial charge in [-0.3, -0.25) is 18.9 Å². The van der Waals surface area contributed by atoms with E-state index in [0.29, 0.717) is 40.9 Å². The minimum Gasteiger partial charge on any atom is -0.490 e. The molecule has 4 heterocycles. The summed E-state index contributed by atoms with van der Waals surface area (Å²) in [7, 11) is 0. The van der Waals surface area contributed by atoms with Crippen LogP contribution in [0.25, 0.3) is 4.96 Å². The summed E-state index contributed by atoms with van der Waals surface area (Å²) in [5.41, 5.74) is -0.568. The third-order valence-corrected chi connectivity index (χ3v) is 6.03. The van der Waals surface area contributed by atoms with Crippen LogP contribution in [0, 0.1) is 0 Å². The number of rotatable bonds is 3. The monoisotopic (exact) mass is 426 g/mol. The number of urea groups is 1. The molecule has 2 aliphatic rings. The van der Waals surface area contributed by atoms with Gasteiger partial charge in [0.05, 0.1) is 25.5 Å². The number of imide groups is 1. The fourth-order valence-corrected chi connectivity index (χ4v) is 4.38. The zero-order valence-corrected chi connectivity index (χ0v) is 16.9. The predicted molar refractivity (Wildman–Crippen MR) is 108 cm³/mol. The van der Waals surface area contributed by atoms with Crippen molar-refractivity contribution in [3.63, 3.8) is 0 Å². The Morgan fingerprint density at radius 3 is 2.80 bits per heavy atom. The van der Waals surface area contributed by atoms with Gasteiger partial charge in [0.1, 0.15) is 5.54 Å². The number of amides is 3. The van der Waals surface area contributed by atoms with Crippen molar-refractivity contribution in [2.45, 2.75) is 25.4 Å². The summed E-state index contributed by atoms with van der Waals surface area (Å²) in [5, 5.41) is 4.52. The van der Waals surface area contributed by atoms with Gasteiger partial charge in [-0.1, -0.05) is 6.07 Å². The van der Waals surface area contributed by atoms with Crippen molar-refractivity contribution in [1.29, 1.82) is 0 Å². The molecule has 0 aliphatic carbocycles. The molecule has 0 unspecified atom stereocenters. The third-order valence-electron chi connectivity index (χ3n) is 5.28. The van der Waals surface area contributed by atoms with E-state index in [9.17, 15) is 14.4 Å². The Morgan fingerprint density at radius 2 is 1.97 bits per heavy atom. The third kappa shape index (κ3) is 2.91. The van der Waals surface area contributed by atoms with Gasteiger partial charge in [-0.15, -0.1) is 11.3 Å². The molecule has 1 N–H and O–H groups in total. The molecule has 154 valence electrons. The van der Waals surface area contributed by atoms with E-state index in [1.165, 1.54) is 21.8 Å². The molecular formula is C20H18N4O5S. The van der Waals surface area contributed by atoms with Gasteiger partial charge in [0.15, 0.2) is 16.5 Å². The molecule has 0 spiro atoms. The molecule has 0 radical (unpaired) electrons. The van der Waals surface area contributed by atoms with Gasteiger partial charge in [0.25, 0.3) is 11.5 Å². The van der Waals surface area contributed by atoms with E-state index >= 15 is 0 Å². The first-order chi connectivity index (χ1) is 14.5. The standard InChI is InChI=1S/C20H18N4O5S/c1-20(12-3-4-14-15(9-12)29-7-2-6-28-14)17(26)24(18(27)22-20)11-13-10-16(25)23-5-8-30-19(23)21-13/h3-5,8-10H,2,6-7,11H2,1H3,(H,22,27)/t20-/m1/s1. The van der Waals surface area contributed by atoms with Crippen molar-refractivity contribution in [1.82, 2.24) is 19.6 Å². The number of hydrogen-bond donors (Lipinski definition) is 1. The Bertz CT molecular complexity index is 1240. The number of carbonyl (C=O) groups excluding carboxylic acids is 2. The quantitative estimate of drug-likeness (QED) is 0.642. The Hall–Kier alpha value is -3.40. The Kier molecular flexibility index (Phi) is 4.24. The molecule has 0 saturated carbocycles. The zero-order chi connectivity index (χ0) is 20.9. The van der Waals surface area contributed by atoms with E-state index in [1.54, 1.807) is 36.7 Å². The molecule has 9 nitrogen and oxygen atoms in total. The second kappa shape index (κ2) is 6.84. The molecule has 1 aromatic carbocycles. The predicted octanol–water partition coefficient (Wildman–Crippen LogP) is 1.88. The molecule has 0 bridgehead atoms. The summed E-state index contributed by atoms with van der Waals surface area (Å²) < 4.78 is 12.8. The number of hydrogen-bond acceptors (Lipinski definition) is 7. The van der Waals surface area contributed by atoms with Crippen LogP contribution in [0.15, 0.2) is 40.6 Å². The highest BCUT2D eigenvalue weighted by Gasteiger charge is 2.49. The number of thiazole rings is 1. The van der Waals surface area contributed by atoms with Crippen LogP contribution >= 0.6 is 11.3 Å². The molecule has 30 heavy (non-hydrogen) atoms. The van der Waals surface area contributed by atoms with Crippen LogP contribution in [0.3, 0.4) is 0 Å². The van der Waals surface area contributed by atoms with E-state index in [1.807, 2.05) is 0 Å². The minimum atomic E-state index is -1.26. The van der Waals surface area contributed by atoms with Crippen LogP contribution in [0.4, 0.5) is 4.79 Å². The van der Waals surface area contributed by atoms with Gasteiger partial charge in [0.2, 0.25) is 0 Å². The van der Waals surface area contributed by atoms with E-state index in [-0.39, 0.29) is 12.1 Å². The van der Waals surface area contributed by atoms with Crippen LogP contribution in [0.5, 0.6) is 11.5 Å². The average Bonchev–Trinajstić information content (AvgIpc) is 3.18. The highest BCUT2D eigenvalue weighted by atomic mass is 32.1. The molecule has 5 rings (SSSR count). The van der Waals surface area contributed by atoms with Gasteiger partial charge >= 0.3 is 6.03 Å². The van der Waals surface area contributed by atoms with Gasteiger partial charge in [-0.2, -0.15) is 0 Å². The maximum atomic E-state index is 13.2. The number of aromatic nitrogens is 2. The molecule has 1 atom stereocenters. The topological polar surface area (TPSA) is 102 Å². The van der Waals surface area contributed by atoms with E-state index in [0.717, 1.165) is 11.3 Å². The van der Waals surface area contributed by atoms with E-state index in [2.05, 4.69) is 10.3 Å². The van der Waals surface area contributed by atoms with Crippen molar-refractivity contribution in [2.24, 2.45) is 0 Å². The minimum absolute atomic E-state index is 0.0888. The van der Waals surface area contributed by atoms with E-state index < -0.39 is 17.5 Å². The van der Waals surface area contributed by atoms with Crippen LogP contribution in [0.2, 0.25) is 0 Å². The van der Waals surface area contributed by atoms with Gasteiger partial charge < -0.3 is 14.8 Å². The molecular weight excluding hydrogens is 408 g/mol. The molecule has 3 amide bonds. The summed E-state index contributed by atoms with van der Waals surface area (Å²) >= 11 is 1.31. The van der Waals surface area contributed by atoms with Crippen molar-refractivity contribution < 1.29 is 19.1 Å². The Balaban J connectivity index is 1.45. The number of nitrogens with one attached hydrogen (secondary N) is 1. The largest absolute Gasteiger partial charge is 0.490 e. The van der Waals surface area contributed by atoms with Crippen LogP contribution in [-0.2, 0) is 16.9 Å². The first-order valence-electron chi connectivity index (χ1n) is 9.46. The Labute approximate surface area is 174 Å². The number of benzene rings is 1. The summed E-state index contributed by atoms with van der Waals surface area (Å²) in [5.74, 6) is 0.738. The average molecular weight is 426 g/mol. The lowest BCUT2D eigenvalue weighted by molar-refractivity contribution is -0.131. The van der Waals surface area contributed by atoms with Crippen molar-refractivity contribution in [3.05, 3.63) is 57.5 Å². The van der Waals surface area contributed by atoms with Crippen molar-refractivity contribution >= 4 is 28.2 Å². The van der Waals surface area contributed by atoms with Crippen molar-refractivity contribution in [2.75, 3.05) is 13.2 Å². The maximum absolute atomic E-state index is 13.2. The molecule has 2 aromatic heterocycles. The SMILES string of the molecule is C[C@]1(c2ccc3c(c2)OCCCO3)NC(=O)N(Cc2cc(=O)n3ccsc3n2)C1=O. The normalized spacial score (nSPS) is 21.0. The molecule has 1 saturated heterocycles. The van der Waals surface area contributed by atoms with E-state index in [4.69, 9.17) is 9.47 Å². The summed E-state index contributed by atoms with van der Waals surface area (Å²) in [4.78, 5) is 44.1. The molecule has 10 heteroatoms. The molecule has 3 aromatic rings. The lowest BCUT2D eigenvalue weighted by Crippen LogP contribution is -2.40. The first-order valence-corrected chi connectivity index (χ1v) is 10.3. The fourth-order valence-electron chi connectivity index (χ4n) is 3.64. The number of carbonyl (C=O) groups is 2. The fraction of sp³-hybridized carbons (Fsp3) is 0.300. The second-order valence-electron chi connectivity index (χ2n) is 7.30. The van der Waals surface area contributed by atoms with Gasteiger partial charge in [-0.05, 0) is 24.6 Å². The number of nitrogens with zero attached hydrogens (tertiary/aromatic N) is 3. The summed E-state index contributed by atoms with van der Waals surface area (Å²) in [6.45, 7) is 2.65. The second-order valence-corrected chi connectivity index (χ2v) is 8.17. The van der Waals surface area contributed by atoms with Crippen molar-refractivity contribution in [3.8, 4) is 11.5 Å². The summed E-state index contributed by atoms with van der Waals surface area (Å²) in [6, 6.07) is 6.02. The molecule has 1 fully saturated rings.